The molecule has 0 saturated heterocycles. The Morgan fingerprint density at radius 1 is 0.434 bits per heavy atom. The maximum atomic E-state index is 6.56. The Morgan fingerprint density at radius 2 is 1.11 bits per heavy atom. The Bertz CT molecular complexity index is 3390. The number of rotatable bonds is 2. The molecule has 0 saturated carbocycles. The van der Waals surface area contributed by atoms with Crippen molar-refractivity contribution >= 4 is 116 Å². The average molecular weight is 692 g/mol. The van der Waals surface area contributed by atoms with Crippen LogP contribution in [-0.4, -0.2) is 6.71 Å². The maximum absolute atomic E-state index is 6.56. The average Bonchev–Trinajstić information content (AvgIpc) is 3.96. The van der Waals surface area contributed by atoms with Crippen LogP contribution >= 0.6 is 11.3 Å². The Morgan fingerprint density at radius 3 is 1.98 bits per heavy atom. The normalized spacial score (nSPS) is 13.2. The molecule has 0 spiro atoms. The molecule has 5 heteroatoms. The van der Waals surface area contributed by atoms with Gasteiger partial charge in [-0.25, -0.2) is 0 Å². The summed E-state index contributed by atoms with van der Waals surface area (Å²) in [5.74, 6) is 0. The van der Waals surface area contributed by atoms with E-state index >= 15 is 0 Å². The van der Waals surface area contributed by atoms with Gasteiger partial charge in [-0.2, -0.15) is 0 Å². The van der Waals surface area contributed by atoms with Crippen molar-refractivity contribution in [3.05, 3.63) is 158 Å². The predicted octanol–water partition coefficient (Wildman–Crippen LogP) is 11.8. The minimum atomic E-state index is 0.0744. The minimum absolute atomic E-state index is 0.0744. The van der Waals surface area contributed by atoms with Crippen LogP contribution in [0.4, 0.5) is 17.1 Å². The summed E-state index contributed by atoms with van der Waals surface area (Å²) in [6.07, 6.45) is 0. The van der Waals surface area contributed by atoms with E-state index in [1.165, 1.54) is 70.2 Å². The molecule has 0 radical (unpaired) electrons. The molecule has 0 atom stereocenters. The fourth-order valence-electron chi connectivity index (χ4n) is 9.45. The second kappa shape index (κ2) is 10.1. The van der Waals surface area contributed by atoms with E-state index in [0.29, 0.717) is 0 Å². The molecule has 0 aliphatic carbocycles. The first-order valence-electron chi connectivity index (χ1n) is 18.1. The van der Waals surface area contributed by atoms with E-state index < -0.39 is 0 Å². The lowest BCUT2D eigenvalue weighted by molar-refractivity contribution is 0.669. The number of nitrogens with zero attached hydrogens (tertiary/aromatic N) is 1. The summed E-state index contributed by atoms with van der Waals surface area (Å²) in [5, 5.41) is 7.12. The third-order valence-corrected chi connectivity index (χ3v) is 12.8. The zero-order valence-corrected chi connectivity index (χ0v) is 29.1. The molecule has 2 aliphatic heterocycles. The van der Waals surface area contributed by atoms with Crippen molar-refractivity contribution in [1.82, 2.24) is 0 Å². The first-order valence-corrected chi connectivity index (χ1v) is 18.9. The second-order valence-corrected chi connectivity index (χ2v) is 15.5. The first kappa shape index (κ1) is 28.1. The summed E-state index contributed by atoms with van der Waals surface area (Å²) >= 11 is 1.87. The van der Waals surface area contributed by atoms with Crippen LogP contribution in [0.2, 0.25) is 0 Å². The zero-order chi connectivity index (χ0) is 34.4. The molecule has 0 bridgehead atoms. The van der Waals surface area contributed by atoms with E-state index in [9.17, 15) is 0 Å². The van der Waals surface area contributed by atoms with Crippen LogP contribution in [0.15, 0.2) is 167 Å². The summed E-state index contributed by atoms with van der Waals surface area (Å²) in [6, 6.07) is 57.6. The van der Waals surface area contributed by atoms with Gasteiger partial charge >= 0.3 is 0 Å². The number of anilines is 3. The topological polar surface area (TPSA) is 29.5 Å². The van der Waals surface area contributed by atoms with Crippen molar-refractivity contribution in [1.29, 1.82) is 0 Å². The molecule has 3 aromatic heterocycles. The summed E-state index contributed by atoms with van der Waals surface area (Å²) in [7, 11) is 0. The van der Waals surface area contributed by atoms with E-state index in [2.05, 4.69) is 157 Å². The smallest absolute Gasteiger partial charge is 0.248 e. The fourth-order valence-corrected chi connectivity index (χ4v) is 10.6. The monoisotopic (exact) mass is 691 g/mol. The summed E-state index contributed by atoms with van der Waals surface area (Å²) in [6.45, 7) is 0.0744. The van der Waals surface area contributed by atoms with E-state index in [0.717, 1.165) is 49.6 Å². The van der Waals surface area contributed by atoms with Gasteiger partial charge in [-0.3, -0.25) is 0 Å². The zero-order valence-electron chi connectivity index (χ0n) is 28.3. The van der Waals surface area contributed by atoms with E-state index in [1.807, 2.05) is 17.4 Å². The van der Waals surface area contributed by atoms with Gasteiger partial charge < -0.3 is 13.7 Å². The minimum Gasteiger partial charge on any atom is -0.456 e. The lowest BCUT2D eigenvalue weighted by Gasteiger charge is -2.36. The summed E-state index contributed by atoms with van der Waals surface area (Å²) < 4.78 is 15.5. The van der Waals surface area contributed by atoms with Crippen molar-refractivity contribution in [2.75, 3.05) is 4.90 Å². The SMILES string of the molecule is c1ccc2c(c1)B1c3cc4oc5ccccc5c4cc3N(c3ccc4oc5ccccc5c4c3)c3cc(-c4cccc5sc6ccccc6c45)cc-2c31. The predicted molar refractivity (Wildman–Crippen MR) is 224 cm³/mol. The maximum Gasteiger partial charge on any atom is 0.248 e. The highest BCUT2D eigenvalue weighted by Crippen LogP contribution is 2.47. The Hall–Kier alpha value is -6.56. The molecule has 0 N–H and O–H groups in total. The highest BCUT2D eigenvalue weighted by Gasteiger charge is 2.43. The van der Waals surface area contributed by atoms with E-state index in [4.69, 9.17) is 8.83 Å². The highest BCUT2D eigenvalue weighted by molar-refractivity contribution is 7.26. The van der Waals surface area contributed by atoms with Crippen molar-refractivity contribution in [3.8, 4) is 22.3 Å². The third kappa shape index (κ3) is 3.69. The van der Waals surface area contributed by atoms with Gasteiger partial charge in [0.2, 0.25) is 6.71 Å². The molecule has 5 heterocycles. The van der Waals surface area contributed by atoms with Gasteiger partial charge in [-0.1, -0.05) is 96.5 Å². The van der Waals surface area contributed by atoms with E-state index in [-0.39, 0.29) is 6.71 Å². The molecule has 0 unspecified atom stereocenters. The number of furan rings is 2. The van der Waals surface area contributed by atoms with Crippen molar-refractivity contribution in [2.24, 2.45) is 0 Å². The largest absolute Gasteiger partial charge is 0.456 e. The molecule has 0 amide bonds. The lowest BCUT2D eigenvalue weighted by atomic mass is 9.37. The van der Waals surface area contributed by atoms with Crippen LogP contribution in [-0.2, 0) is 0 Å². The lowest BCUT2D eigenvalue weighted by Crippen LogP contribution is -2.54. The number of thiophene rings is 1. The molecule has 244 valence electrons. The van der Waals surface area contributed by atoms with Gasteiger partial charge in [0.1, 0.15) is 22.3 Å². The first-order chi connectivity index (χ1) is 26.3. The van der Waals surface area contributed by atoms with E-state index in [1.54, 1.807) is 0 Å². The molecular weight excluding hydrogens is 665 g/mol. The molecule has 3 nitrogen and oxygen atoms in total. The molecule has 2 aliphatic rings. The van der Waals surface area contributed by atoms with Crippen molar-refractivity contribution in [2.45, 2.75) is 0 Å². The summed E-state index contributed by atoms with van der Waals surface area (Å²) in [5.41, 5.74) is 16.1. The van der Waals surface area contributed by atoms with Crippen LogP contribution < -0.4 is 21.3 Å². The third-order valence-electron chi connectivity index (χ3n) is 11.7. The number of benzene rings is 8. The quantitative estimate of drug-likeness (QED) is 0.169. The van der Waals surface area contributed by atoms with Crippen molar-refractivity contribution < 1.29 is 8.83 Å². The Kier molecular flexibility index (Phi) is 5.33. The van der Waals surface area contributed by atoms with Crippen LogP contribution in [0.3, 0.4) is 0 Å². The standard InChI is InChI=1S/C48H26BNO2S/c1-5-15-37-30(10-1)36-22-27(29-14-9-19-46-47(29)33-13-4-8-18-45(33)53-46)23-40-48(36)49(37)38-26-44-35(32-12-3-7-17-42(32)52-44)25-39(38)50(40)28-20-21-43-34(24-28)31-11-2-6-16-41(31)51-43/h1-26H. The van der Waals surface area contributed by atoms with Crippen LogP contribution in [0.25, 0.3) is 86.3 Å². The molecule has 53 heavy (non-hydrogen) atoms. The Balaban J connectivity index is 1.17. The molecule has 0 fully saturated rings. The van der Waals surface area contributed by atoms with Gasteiger partial charge in [0.25, 0.3) is 0 Å². The van der Waals surface area contributed by atoms with Crippen LogP contribution in [0.1, 0.15) is 0 Å². The molecular formula is C48H26BNO2S. The number of fused-ring (bicyclic) bond motifs is 14. The highest BCUT2D eigenvalue weighted by atomic mass is 32.1. The van der Waals surface area contributed by atoms with Crippen molar-refractivity contribution in [3.63, 3.8) is 0 Å². The van der Waals surface area contributed by atoms with Gasteiger partial charge in [0, 0.05) is 58.8 Å². The number of hydrogen-bond acceptors (Lipinski definition) is 4. The van der Waals surface area contributed by atoms with Gasteiger partial charge in [-0.15, -0.1) is 11.3 Å². The van der Waals surface area contributed by atoms with Crippen LogP contribution in [0, 0.1) is 0 Å². The van der Waals surface area contributed by atoms with Gasteiger partial charge in [0.05, 0.1) is 0 Å². The molecule has 13 rings (SSSR count). The molecule has 8 aromatic carbocycles. The van der Waals surface area contributed by atoms with Gasteiger partial charge in [0.15, 0.2) is 0 Å². The second-order valence-electron chi connectivity index (χ2n) is 14.4. The summed E-state index contributed by atoms with van der Waals surface area (Å²) in [4.78, 5) is 2.51. The molecule has 11 aromatic rings. The fraction of sp³-hybridized carbons (Fsp3) is 0. The number of hydrogen-bond donors (Lipinski definition) is 0. The van der Waals surface area contributed by atoms with Crippen LogP contribution in [0.5, 0.6) is 0 Å². The Labute approximate surface area is 308 Å². The number of para-hydroxylation sites is 2. The van der Waals surface area contributed by atoms with Gasteiger partial charge in [-0.05, 0) is 99.9 Å².